The van der Waals surface area contributed by atoms with Gasteiger partial charge in [-0.2, -0.15) is 0 Å². The van der Waals surface area contributed by atoms with Crippen LogP contribution in [0.15, 0.2) is 49.1 Å². The Bertz CT molecular complexity index is 751. The Morgan fingerprint density at radius 1 is 1.00 bits per heavy atom. The molecule has 1 fully saturated rings. The van der Waals surface area contributed by atoms with E-state index in [0.717, 1.165) is 17.9 Å². The number of rotatable bonds is 8. The highest BCUT2D eigenvalue weighted by atomic mass is 19.1. The van der Waals surface area contributed by atoms with Crippen LogP contribution in [0.25, 0.3) is 11.1 Å². The lowest BCUT2D eigenvalue weighted by atomic mass is 9.77. The minimum atomic E-state index is -0.551. The first-order valence-corrected chi connectivity index (χ1v) is 10.4. The zero-order valence-corrected chi connectivity index (χ0v) is 16.7. The molecule has 0 radical (unpaired) electrons. The van der Waals surface area contributed by atoms with Gasteiger partial charge in [0.1, 0.15) is 11.6 Å². The van der Waals surface area contributed by atoms with Gasteiger partial charge >= 0.3 is 0 Å². The third-order valence-electron chi connectivity index (χ3n) is 5.93. The highest BCUT2D eigenvalue weighted by Crippen LogP contribution is 2.38. The van der Waals surface area contributed by atoms with Gasteiger partial charge in [0.2, 0.25) is 0 Å². The van der Waals surface area contributed by atoms with Crippen LogP contribution in [-0.4, -0.2) is 6.61 Å². The summed E-state index contributed by atoms with van der Waals surface area (Å²) in [5.41, 5.74) is 2.73. The van der Waals surface area contributed by atoms with Gasteiger partial charge in [-0.3, -0.25) is 0 Å². The summed E-state index contributed by atoms with van der Waals surface area (Å²) in [6.45, 7) is 6.01. The number of allylic oxidation sites excluding steroid dienone is 1. The van der Waals surface area contributed by atoms with Gasteiger partial charge in [-0.1, -0.05) is 30.3 Å². The first kappa shape index (κ1) is 20.7. The van der Waals surface area contributed by atoms with E-state index in [0.29, 0.717) is 18.1 Å². The third-order valence-corrected chi connectivity index (χ3v) is 5.93. The summed E-state index contributed by atoms with van der Waals surface area (Å²) in [5.74, 6) is 0.321. The summed E-state index contributed by atoms with van der Waals surface area (Å²) in [7, 11) is 0. The second-order valence-electron chi connectivity index (χ2n) is 7.76. The van der Waals surface area contributed by atoms with Gasteiger partial charge in [-0.15, -0.1) is 6.58 Å². The Hall–Kier alpha value is -2.00. The lowest BCUT2D eigenvalue weighted by Gasteiger charge is -2.28. The molecule has 0 heterocycles. The van der Waals surface area contributed by atoms with Crippen LogP contribution in [0.4, 0.5) is 8.78 Å². The molecule has 1 saturated carbocycles. The molecule has 0 amide bonds. The van der Waals surface area contributed by atoms with Gasteiger partial charge in [0.25, 0.3) is 0 Å². The van der Waals surface area contributed by atoms with Crippen molar-refractivity contribution in [2.45, 2.75) is 58.0 Å². The highest BCUT2D eigenvalue weighted by molar-refractivity contribution is 5.64. The van der Waals surface area contributed by atoms with Crippen molar-refractivity contribution in [3.8, 4) is 11.1 Å². The van der Waals surface area contributed by atoms with Crippen molar-refractivity contribution >= 4 is 0 Å². The van der Waals surface area contributed by atoms with E-state index in [2.05, 4.69) is 18.7 Å². The van der Waals surface area contributed by atoms with Gasteiger partial charge in [0.15, 0.2) is 0 Å². The molecule has 1 aliphatic rings. The van der Waals surface area contributed by atoms with E-state index >= 15 is 0 Å². The second kappa shape index (κ2) is 9.97. The lowest BCUT2D eigenvalue weighted by Crippen LogP contribution is -2.13. The molecule has 1 aliphatic carbocycles. The minimum absolute atomic E-state index is 0.00423. The fraction of sp³-hybridized carbons (Fsp3) is 0.440. The van der Waals surface area contributed by atoms with Crippen molar-refractivity contribution in [3.63, 3.8) is 0 Å². The molecule has 0 aromatic heterocycles. The summed E-state index contributed by atoms with van der Waals surface area (Å²) in [4.78, 5) is 0. The average Bonchev–Trinajstić information content (AvgIpc) is 2.72. The molecular weight excluding hydrogens is 354 g/mol. The van der Waals surface area contributed by atoms with E-state index in [-0.39, 0.29) is 12.2 Å². The predicted octanol–water partition coefficient (Wildman–Crippen LogP) is 7.41. The van der Waals surface area contributed by atoms with Crippen molar-refractivity contribution in [1.29, 1.82) is 0 Å². The van der Waals surface area contributed by atoms with Crippen molar-refractivity contribution < 1.29 is 13.5 Å². The Kier molecular flexibility index (Phi) is 7.38. The summed E-state index contributed by atoms with van der Waals surface area (Å²) in [5, 5.41) is 0. The number of benzene rings is 2. The normalized spacial score (nSPS) is 19.5. The maximum Gasteiger partial charge on any atom is 0.132 e. The molecule has 3 heteroatoms. The molecule has 0 spiro atoms. The largest absolute Gasteiger partial charge is 0.377 e. The minimum Gasteiger partial charge on any atom is -0.377 e. The van der Waals surface area contributed by atoms with Crippen LogP contribution in [0.3, 0.4) is 0 Å². The maximum absolute atomic E-state index is 14.3. The number of hydrogen-bond donors (Lipinski definition) is 0. The van der Waals surface area contributed by atoms with E-state index in [9.17, 15) is 8.78 Å². The van der Waals surface area contributed by atoms with Gasteiger partial charge in [-0.25, -0.2) is 8.78 Å². The average molecular weight is 385 g/mol. The number of ether oxygens (including phenoxy) is 1. The maximum atomic E-state index is 14.3. The van der Waals surface area contributed by atoms with Gasteiger partial charge in [-0.05, 0) is 86.1 Å². The standard InChI is InChI=1S/C25H30F2O/c1-3-5-6-18-7-9-19(10-8-18)20-11-13-21(14-12-20)22-15-24(26)23(17-28-4-2)25(27)16-22/h3,11-16,18-19H,1,4-10,17H2,2H3/t18-,19-. The summed E-state index contributed by atoms with van der Waals surface area (Å²) < 4.78 is 33.7. The fourth-order valence-corrected chi connectivity index (χ4v) is 4.20. The number of halogens is 2. The van der Waals surface area contributed by atoms with Crippen LogP contribution in [0.1, 0.15) is 62.5 Å². The quantitative estimate of drug-likeness (QED) is 0.431. The molecule has 1 nitrogen and oxygen atoms in total. The highest BCUT2D eigenvalue weighted by Gasteiger charge is 2.22. The molecule has 0 unspecified atom stereocenters. The van der Waals surface area contributed by atoms with Gasteiger partial charge < -0.3 is 4.74 Å². The molecule has 150 valence electrons. The summed E-state index contributed by atoms with van der Waals surface area (Å²) in [6, 6.07) is 11.0. The van der Waals surface area contributed by atoms with Crippen molar-refractivity contribution in [3.05, 3.63) is 71.8 Å². The fourth-order valence-electron chi connectivity index (χ4n) is 4.20. The van der Waals surface area contributed by atoms with Crippen molar-refractivity contribution in [1.82, 2.24) is 0 Å². The molecule has 0 atom stereocenters. The van der Waals surface area contributed by atoms with E-state index in [1.165, 1.54) is 49.8 Å². The van der Waals surface area contributed by atoms with Crippen molar-refractivity contribution in [2.75, 3.05) is 6.61 Å². The van der Waals surface area contributed by atoms with E-state index < -0.39 is 11.6 Å². The molecule has 0 aliphatic heterocycles. The molecule has 0 N–H and O–H groups in total. The van der Waals surface area contributed by atoms with Crippen LogP contribution < -0.4 is 0 Å². The van der Waals surface area contributed by atoms with Crippen LogP contribution in [0.5, 0.6) is 0 Å². The Morgan fingerprint density at radius 3 is 2.21 bits per heavy atom. The summed E-state index contributed by atoms with van der Waals surface area (Å²) >= 11 is 0. The second-order valence-corrected chi connectivity index (χ2v) is 7.76. The van der Waals surface area contributed by atoms with Crippen molar-refractivity contribution in [2.24, 2.45) is 5.92 Å². The lowest BCUT2D eigenvalue weighted by molar-refractivity contribution is 0.128. The first-order chi connectivity index (χ1) is 13.6. The summed E-state index contributed by atoms with van der Waals surface area (Å²) in [6.07, 6.45) is 9.37. The van der Waals surface area contributed by atoms with E-state index in [1.54, 1.807) is 6.92 Å². The van der Waals surface area contributed by atoms with Gasteiger partial charge in [0.05, 0.1) is 6.61 Å². The van der Waals surface area contributed by atoms with Crippen LogP contribution in [0, 0.1) is 17.6 Å². The molecule has 0 saturated heterocycles. The molecule has 2 aromatic rings. The van der Waals surface area contributed by atoms with E-state index in [1.807, 2.05) is 18.2 Å². The van der Waals surface area contributed by atoms with Gasteiger partial charge in [0, 0.05) is 12.2 Å². The topological polar surface area (TPSA) is 9.23 Å². The Labute approximate surface area is 167 Å². The van der Waals surface area contributed by atoms with Crippen LogP contribution in [0.2, 0.25) is 0 Å². The van der Waals surface area contributed by atoms with Crippen LogP contribution >= 0.6 is 0 Å². The smallest absolute Gasteiger partial charge is 0.132 e. The number of hydrogen-bond acceptors (Lipinski definition) is 1. The Balaban J connectivity index is 1.67. The zero-order valence-electron chi connectivity index (χ0n) is 16.7. The zero-order chi connectivity index (χ0) is 19.9. The predicted molar refractivity (Wildman–Crippen MR) is 111 cm³/mol. The Morgan fingerprint density at radius 2 is 1.64 bits per heavy atom. The molecule has 2 aromatic carbocycles. The first-order valence-electron chi connectivity index (χ1n) is 10.4. The SMILES string of the molecule is C=CCC[C@H]1CC[C@H](c2ccc(-c3cc(F)c(COCC)c(F)c3)cc2)CC1. The molecule has 0 bridgehead atoms. The molecule has 28 heavy (non-hydrogen) atoms. The molecule has 3 rings (SSSR count). The molecular formula is C25H30F2O. The third kappa shape index (κ3) is 5.08. The monoisotopic (exact) mass is 384 g/mol. The van der Waals surface area contributed by atoms with E-state index in [4.69, 9.17) is 4.74 Å². The van der Waals surface area contributed by atoms with Crippen LogP contribution in [-0.2, 0) is 11.3 Å².